The minimum atomic E-state index is -0.438. The van der Waals surface area contributed by atoms with Crippen LogP contribution < -0.4 is 5.32 Å². The smallest absolute Gasteiger partial charge is 0.112 e. The van der Waals surface area contributed by atoms with Crippen LogP contribution in [-0.4, -0.2) is 17.7 Å². The molecular weight excluding hydrogens is 244 g/mol. The first-order valence-electron chi connectivity index (χ1n) is 6.44. The Bertz CT molecular complexity index is 426. The summed E-state index contributed by atoms with van der Waals surface area (Å²) in [5.41, 5.74) is -0.608. The Kier molecular flexibility index (Phi) is 4.06. The average Bonchev–Trinajstić information content (AvgIpc) is 2.90. The molecule has 98 valence electrons. The zero-order valence-corrected chi connectivity index (χ0v) is 11.8. The number of nitrogens with one attached hydrogen (secondary N) is 1. The van der Waals surface area contributed by atoms with Gasteiger partial charge in [0.2, 0.25) is 0 Å². The van der Waals surface area contributed by atoms with Crippen molar-refractivity contribution in [1.82, 2.24) is 5.32 Å². The predicted octanol–water partition coefficient (Wildman–Crippen LogP) is 3.08. The van der Waals surface area contributed by atoms with Crippen molar-refractivity contribution >= 4 is 11.3 Å². The molecule has 0 spiro atoms. The number of hydrogen-bond donors (Lipinski definition) is 1. The highest BCUT2D eigenvalue weighted by Gasteiger charge is 2.42. The fourth-order valence-electron chi connectivity index (χ4n) is 2.43. The van der Waals surface area contributed by atoms with Gasteiger partial charge in [-0.3, -0.25) is 5.32 Å². The summed E-state index contributed by atoms with van der Waals surface area (Å²) in [6.07, 6.45) is 2.47. The van der Waals surface area contributed by atoms with E-state index in [2.05, 4.69) is 36.7 Å². The highest BCUT2D eigenvalue weighted by molar-refractivity contribution is 7.09. The first kappa shape index (κ1) is 13.5. The summed E-state index contributed by atoms with van der Waals surface area (Å²) in [4.78, 5) is 1.27. The maximum Gasteiger partial charge on any atom is 0.112 e. The van der Waals surface area contributed by atoms with E-state index in [9.17, 15) is 5.26 Å². The van der Waals surface area contributed by atoms with E-state index >= 15 is 0 Å². The summed E-state index contributed by atoms with van der Waals surface area (Å²) in [6.45, 7) is 5.65. The van der Waals surface area contributed by atoms with Gasteiger partial charge < -0.3 is 4.74 Å². The number of thiophene rings is 1. The molecule has 0 bridgehead atoms. The SMILES string of the molecule is CCC1(C)CC(C#N)(NCc2cccs2)CCO1. The molecule has 2 rings (SSSR count). The summed E-state index contributed by atoms with van der Waals surface area (Å²) in [6, 6.07) is 6.62. The van der Waals surface area contributed by atoms with Crippen molar-refractivity contribution in [2.24, 2.45) is 0 Å². The van der Waals surface area contributed by atoms with Gasteiger partial charge in [0.15, 0.2) is 0 Å². The zero-order valence-electron chi connectivity index (χ0n) is 11.0. The molecule has 0 aromatic carbocycles. The number of nitriles is 1. The summed E-state index contributed by atoms with van der Waals surface area (Å²) in [5.74, 6) is 0. The molecule has 1 aliphatic heterocycles. The van der Waals surface area contributed by atoms with Crippen LogP contribution in [-0.2, 0) is 11.3 Å². The van der Waals surface area contributed by atoms with E-state index in [-0.39, 0.29) is 5.60 Å². The predicted molar refractivity (Wildman–Crippen MR) is 73.4 cm³/mol. The molecule has 1 aromatic heterocycles. The van der Waals surface area contributed by atoms with Crippen LogP contribution >= 0.6 is 11.3 Å². The molecule has 2 unspecified atom stereocenters. The van der Waals surface area contributed by atoms with Crippen molar-refractivity contribution in [2.75, 3.05) is 6.61 Å². The Morgan fingerprint density at radius 1 is 1.61 bits per heavy atom. The molecule has 0 aliphatic carbocycles. The van der Waals surface area contributed by atoms with Gasteiger partial charge in [-0.05, 0) is 24.8 Å². The fourth-order valence-corrected chi connectivity index (χ4v) is 3.08. The topological polar surface area (TPSA) is 45.0 Å². The molecule has 4 heteroatoms. The van der Waals surface area contributed by atoms with Crippen LogP contribution in [0, 0.1) is 11.3 Å². The largest absolute Gasteiger partial charge is 0.375 e. The van der Waals surface area contributed by atoms with Crippen molar-refractivity contribution in [1.29, 1.82) is 5.26 Å². The molecule has 18 heavy (non-hydrogen) atoms. The van der Waals surface area contributed by atoms with Crippen molar-refractivity contribution < 1.29 is 4.74 Å². The van der Waals surface area contributed by atoms with Gasteiger partial charge >= 0.3 is 0 Å². The average molecular weight is 264 g/mol. The van der Waals surface area contributed by atoms with Crippen LogP contribution in [0.25, 0.3) is 0 Å². The van der Waals surface area contributed by atoms with Crippen LogP contribution in [0.4, 0.5) is 0 Å². The monoisotopic (exact) mass is 264 g/mol. The van der Waals surface area contributed by atoms with Gasteiger partial charge in [-0.25, -0.2) is 0 Å². The second-order valence-corrected chi connectivity index (χ2v) is 6.24. The van der Waals surface area contributed by atoms with E-state index < -0.39 is 5.54 Å². The minimum Gasteiger partial charge on any atom is -0.375 e. The molecule has 0 saturated carbocycles. The van der Waals surface area contributed by atoms with Crippen LogP contribution in [0.2, 0.25) is 0 Å². The van der Waals surface area contributed by atoms with Crippen molar-refractivity contribution in [2.45, 2.75) is 50.8 Å². The molecule has 0 amide bonds. The number of ether oxygens (including phenoxy) is 1. The third kappa shape index (κ3) is 2.92. The van der Waals surface area contributed by atoms with E-state index in [1.165, 1.54) is 4.88 Å². The molecule has 1 saturated heterocycles. The molecule has 1 aliphatic rings. The van der Waals surface area contributed by atoms with Crippen LogP contribution in [0.5, 0.6) is 0 Å². The lowest BCUT2D eigenvalue weighted by molar-refractivity contribution is -0.0906. The van der Waals surface area contributed by atoms with Gasteiger partial charge in [0.1, 0.15) is 5.54 Å². The van der Waals surface area contributed by atoms with Crippen molar-refractivity contribution in [3.05, 3.63) is 22.4 Å². The molecule has 1 fully saturated rings. The first-order valence-corrected chi connectivity index (χ1v) is 7.32. The molecule has 2 atom stereocenters. The third-order valence-electron chi connectivity index (χ3n) is 3.80. The first-order chi connectivity index (χ1) is 8.61. The van der Waals surface area contributed by atoms with E-state index in [0.717, 1.165) is 25.8 Å². The summed E-state index contributed by atoms with van der Waals surface area (Å²) in [7, 11) is 0. The van der Waals surface area contributed by atoms with Crippen LogP contribution in [0.1, 0.15) is 38.0 Å². The lowest BCUT2D eigenvalue weighted by Gasteiger charge is -2.42. The molecule has 1 aromatic rings. The number of rotatable bonds is 4. The van der Waals surface area contributed by atoms with Gasteiger partial charge in [0, 0.05) is 24.3 Å². The van der Waals surface area contributed by atoms with Gasteiger partial charge in [-0.1, -0.05) is 13.0 Å². The second-order valence-electron chi connectivity index (χ2n) is 5.21. The Labute approximate surface area is 113 Å². The van der Waals surface area contributed by atoms with E-state index in [0.29, 0.717) is 6.61 Å². The van der Waals surface area contributed by atoms with Gasteiger partial charge in [-0.2, -0.15) is 5.26 Å². The highest BCUT2D eigenvalue weighted by Crippen LogP contribution is 2.34. The molecule has 1 N–H and O–H groups in total. The van der Waals surface area contributed by atoms with E-state index in [1.807, 2.05) is 6.07 Å². The summed E-state index contributed by atoms with van der Waals surface area (Å²) >= 11 is 1.72. The van der Waals surface area contributed by atoms with Crippen molar-refractivity contribution in [3.8, 4) is 6.07 Å². The van der Waals surface area contributed by atoms with Gasteiger partial charge in [-0.15, -0.1) is 11.3 Å². The van der Waals surface area contributed by atoms with Crippen LogP contribution in [0.15, 0.2) is 17.5 Å². The van der Waals surface area contributed by atoms with E-state index in [4.69, 9.17) is 4.74 Å². The molecule has 3 nitrogen and oxygen atoms in total. The second kappa shape index (κ2) is 5.40. The Morgan fingerprint density at radius 2 is 2.44 bits per heavy atom. The van der Waals surface area contributed by atoms with E-state index in [1.54, 1.807) is 11.3 Å². The minimum absolute atomic E-state index is 0.170. The third-order valence-corrected chi connectivity index (χ3v) is 4.67. The lowest BCUT2D eigenvalue weighted by Crippen LogP contribution is -2.54. The van der Waals surface area contributed by atoms with Gasteiger partial charge in [0.05, 0.1) is 18.3 Å². The van der Waals surface area contributed by atoms with Gasteiger partial charge in [0.25, 0.3) is 0 Å². The molecular formula is C14H20N2OS. The summed E-state index contributed by atoms with van der Waals surface area (Å²) in [5, 5.41) is 15.0. The Balaban J connectivity index is 2.04. The Morgan fingerprint density at radius 3 is 3.06 bits per heavy atom. The fraction of sp³-hybridized carbons (Fsp3) is 0.643. The maximum atomic E-state index is 9.53. The van der Waals surface area contributed by atoms with Crippen LogP contribution in [0.3, 0.4) is 0 Å². The summed E-state index contributed by atoms with van der Waals surface area (Å²) < 4.78 is 5.82. The lowest BCUT2D eigenvalue weighted by atomic mass is 9.80. The zero-order chi connectivity index (χ0) is 13.1. The normalized spacial score (nSPS) is 32.1. The number of nitrogens with zero attached hydrogens (tertiary/aromatic N) is 1. The maximum absolute atomic E-state index is 9.53. The molecule has 0 radical (unpaired) electrons. The standard InChI is InChI=1S/C14H20N2OS/c1-3-13(2)10-14(11-15,6-7-17-13)16-9-12-5-4-8-18-12/h4-5,8,16H,3,6-7,9-10H2,1-2H3. The quantitative estimate of drug-likeness (QED) is 0.909. The number of hydrogen-bond acceptors (Lipinski definition) is 4. The Hall–Kier alpha value is -0.890. The molecule has 2 heterocycles. The van der Waals surface area contributed by atoms with Crippen molar-refractivity contribution in [3.63, 3.8) is 0 Å². The highest BCUT2D eigenvalue weighted by atomic mass is 32.1.